The van der Waals surface area contributed by atoms with Crippen molar-refractivity contribution in [1.82, 2.24) is 9.97 Å². The van der Waals surface area contributed by atoms with E-state index in [-0.39, 0.29) is 10.8 Å². The SMILES string of the molecule is COc1nc2c(nc1C(C)(C)C)C(C)CC(C(C)(C)C)=C2. The van der Waals surface area contributed by atoms with Crippen molar-refractivity contribution < 1.29 is 4.74 Å². The van der Waals surface area contributed by atoms with Crippen LogP contribution in [0, 0.1) is 5.41 Å². The molecule has 0 fully saturated rings. The van der Waals surface area contributed by atoms with Gasteiger partial charge in [-0.2, -0.15) is 0 Å². The quantitative estimate of drug-likeness (QED) is 0.750. The molecular weight excluding hydrogens is 260 g/mol. The molecule has 0 spiro atoms. The summed E-state index contributed by atoms with van der Waals surface area (Å²) in [5.41, 5.74) is 4.56. The van der Waals surface area contributed by atoms with Crippen molar-refractivity contribution in [2.75, 3.05) is 7.11 Å². The molecule has 0 bridgehead atoms. The highest BCUT2D eigenvalue weighted by Crippen LogP contribution is 2.41. The summed E-state index contributed by atoms with van der Waals surface area (Å²) < 4.78 is 5.49. The third-order valence-corrected chi connectivity index (χ3v) is 4.09. The second-order valence-corrected chi connectivity index (χ2v) is 8.13. The van der Waals surface area contributed by atoms with Crippen molar-refractivity contribution in [3.63, 3.8) is 0 Å². The van der Waals surface area contributed by atoms with E-state index in [0.29, 0.717) is 11.8 Å². The van der Waals surface area contributed by atoms with Gasteiger partial charge in [-0.05, 0) is 17.9 Å². The lowest BCUT2D eigenvalue weighted by Crippen LogP contribution is -2.22. The highest BCUT2D eigenvalue weighted by atomic mass is 16.5. The molecule has 1 heterocycles. The topological polar surface area (TPSA) is 35.0 Å². The number of nitrogens with zero attached hydrogens (tertiary/aromatic N) is 2. The predicted molar refractivity (Wildman–Crippen MR) is 87.7 cm³/mol. The van der Waals surface area contributed by atoms with Gasteiger partial charge in [0.2, 0.25) is 5.88 Å². The zero-order valence-electron chi connectivity index (χ0n) is 14.7. The summed E-state index contributed by atoms with van der Waals surface area (Å²) in [6, 6.07) is 0. The fourth-order valence-corrected chi connectivity index (χ4v) is 2.72. The van der Waals surface area contributed by atoms with E-state index in [1.807, 2.05) is 0 Å². The van der Waals surface area contributed by atoms with Crippen LogP contribution < -0.4 is 4.74 Å². The van der Waals surface area contributed by atoms with E-state index >= 15 is 0 Å². The normalized spacial score (nSPS) is 19.0. The Balaban J connectivity index is 2.62. The van der Waals surface area contributed by atoms with E-state index in [4.69, 9.17) is 14.7 Å². The lowest BCUT2D eigenvalue weighted by Gasteiger charge is -2.31. The van der Waals surface area contributed by atoms with Crippen molar-refractivity contribution >= 4 is 6.08 Å². The van der Waals surface area contributed by atoms with Crippen LogP contribution in [0.1, 0.15) is 77.9 Å². The van der Waals surface area contributed by atoms with Crippen LogP contribution in [0.2, 0.25) is 0 Å². The van der Waals surface area contributed by atoms with Gasteiger partial charge in [-0.3, -0.25) is 0 Å². The smallest absolute Gasteiger partial charge is 0.236 e. The second-order valence-electron chi connectivity index (χ2n) is 8.13. The van der Waals surface area contributed by atoms with Gasteiger partial charge in [-0.1, -0.05) is 54.0 Å². The summed E-state index contributed by atoms with van der Waals surface area (Å²) in [5.74, 6) is 1.05. The maximum Gasteiger partial charge on any atom is 0.236 e. The van der Waals surface area contributed by atoms with Gasteiger partial charge in [-0.15, -0.1) is 0 Å². The fourth-order valence-electron chi connectivity index (χ4n) is 2.72. The minimum atomic E-state index is -0.0683. The van der Waals surface area contributed by atoms with Crippen LogP contribution in [0.15, 0.2) is 5.57 Å². The maximum atomic E-state index is 5.49. The van der Waals surface area contributed by atoms with Gasteiger partial charge < -0.3 is 4.74 Å². The molecule has 1 atom stereocenters. The van der Waals surface area contributed by atoms with Gasteiger partial charge in [-0.25, -0.2) is 9.97 Å². The zero-order valence-corrected chi connectivity index (χ0v) is 14.7. The molecule has 0 aromatic carbocycles. The largest absolute Gasteiger partial charge is 0.480 e. The Labute approximate surface area is 128 Å². The van der Waals surface area contributed by atoms with Crippen molar-refractivity contribution in [2.45, 2.75) is 66.2 Å². The van der Waals surface area contributed by atoms with Gasteiger partial charge in [0, 0.05) is 11.3 Å². The monoisotopic (exact) mass is 288 g/mol. The van der Waals surface area contributed by atoms with Crippen molar-refractivity contribution in [3.8, 4) is 5.88 Å². The first-order valence-electron chi connectivity index (χ1n) is 7.71. The van der Waals surface area contributed by atoms with Crippen molar-refractivity contribution in [2.24, 2.45) is 5.41 Å². The molecule has 1 aromatic heterocycles. The molecule has 3 heteroatoms. The summed E-state index contributed by atoms with van der Waals surface area (Å²) in [5, 5.41) is 0. The van der Waals surface area contributed by atoms with E-state index in [0.717, 1.165) is 23.5 Å². The number of methoxy groups -OCH3 is 1. The molecule has 1 aliphatic rings. The number of aromatic nitrogens is 2. The van der Waals surface area contributed by atoms with Crippen molar-refractivity contribution in [1.29, 1.82) is 0 Å². The standard InChI is InChI=1S/C18H28N2O/c1-11-9-12(17(2,3)4)10-13-14(11)20-15(18(5,6)7)16(19-13)21-8/h10-11H,9H2,1-8H3. The summed E-state index contributed by atoms with van der Waals surface area (Å²) in [4.78, 5) is 9.67. The molecule has 0 aliphatic heterocycles. The second kappa shape index (κ2) is 5.11. The minimum Gasteiger partial charge on any atom is -0.480 e. The van der Waals surface area contributed by atoms with Crippen LogP contribution in [0.4, 0.5) is 0 Å². The molecule has 1 aromatic rings. The fraction of sp³-hybridized carbons (Fsp3) is 0.667. The van der Waals surface area contributed by atoms with Crippen LogP contribution >= 0.6 is 0 Å². The Morgan fingerprint density at radius 1 is 1.05 bits per heavy atom. The van der Waals surface area contributed by atoms with Crippen LogP contribution in [-0.2, 0) is 5.41 Å². The van der Waals surface area contributed by atoms with E-state index < -0.39 is 0 Å². The third-order valence-electron chi connectivity index (χ3n) is 4.09. The van der Waals surface area contributed by atoms with Crippen molar-refractivity contribution in [3.05, 3.63) is 22.7 Å². The highest BCUT2D eigenvalue weighted by molar-refractivity contribution is 5.58. The average Bonchev–Trinajstić information content (AvgIpc) is 2.34. The maximum absolute atomic E-state index is 5.49. The summed E-state index contributed by atoms with van der Waals surface area (Å²) >= 11 is 0. The Hall–Kier alpha value is -1.38. The Morgan fingerprint density at radius 2 is 1.67 bits per heavy atom. The number of hydrogen-bond acceptors (Lipinski definition) is 3. The Kier molecular flexibility index (Phi) is 3.90. The van der Waals surface area contributed by atoms with Gasteiger partial charge in [0.1, 0.15) is 5.69 Å². The average molecular weight is 288 g/mol. The molecule has 116 valence electrons. The lowest BCUT2D eigenvalue weighted by molar-refractivity contribution is 0.371. The van der Waals surface area contributed by atoms with Gasteiger partial charge in [0.25, 0.3) is 0 Å². The van der Waals surface area contributed by atoms with E-state index in [1.165, 1.54) is 5.57 Å². The number of ether oxygens (including phenoxy) is 1. The van der Waals surface area contributed by atoms with E-state index in [1.54, 1.807) is 7.11 Å². The third kappa shape index (κ3) is 3.12. The van der Waals surface area contributed by atoms with Gasteiger partial charge in [0.05, 0.1) is 18.5 Å². The van der Waals surface area contributed by atoms with Crippen LogP contribution in [0.25, 0.3) is 6.08 Å². The lowest BCUT2D eigenvalue weighted by atomic mass is 9.77. The van der Waals surface area contributed by atoms with Gasteiger partial charge >= 0.3 is 0 Å². The first-order valence-corrected chi connectivity index (χ1v) is 7.71. The molecule has 0 N–H and O–H groups in total. The number of hydrogen-bond donors (Lipinski definition) is 0. The summed E-state index contributed by atoms with van der Waals surface area (Å²) in [7, 11) is 1.67. The molecule has 3 nitrogen and oxygen atoms in total. The molecule has 1 aliphatic carbocycles. The Bertz CT molecular complexity index is 574. The molecule has 0 saturated heterocycles. The molecule has 0 radical (unpaired) electrons. The summed E-state index contributed by atoms with van der Waals surface area (Å²) in [6.45, 7) is 15.5. The van der Waals surface area contributed by atoms with Crippen LogP contribution in [0.3, 0.4) is 0 Å². The molecular formula is C18H28N2O. The summed E-state index contributed by atoms with van der Waals surface area (Å²) in [6.07, 6.45) is 3.26. The molecule has 1 unspecified atom stereocenters. The predicted octanol–water partition coefficient (Wildman–Crippen LogP) is 4.72. The Morgan fingerprint density at radius 3 is 2.14 bits per heavy atom. The first kappa shape index (κ1) is 16.0. The highest BCUT2D eigenvalue weighted by Gasteiger charge is 2.30. The molecule has 0 amide bonds. The van der Waals surface area contributed by atoms with E-state index in [2.05, 4.69) is 54.5 Å². The zero-order chi connectivity index (χ0) is 16.0. The molecule has 0 saturated carbocycles. The van der Waals surface area contributed by atoms with Crippen LogP contribution in [0.5, 0.6) is 5.88 Å². The number of allylic oxidation sites excluding steroid dienone is 1. The molecule has 2 rings (SSSR count). The number of rotatable bonds is 1. The van der Waals surface area contributed by atoms with Crippen LogP contribution in [-0.4, -0.2) is 17.1 Å². The minimum absolute atomic E-state index is 0.0683. The molecule has 21 heavy (non-hydrogen) atoms. The van der Waals surface area contributed by atoms with E-state index in [9.17, 15) is 0 Å². The van der Waals surface area contributed by atoms with Gasteiger partial charge in [0.15, 0.2) is 0 Å². The number of fused-ring (bicyclic) bond motifs is 1. The first-order chi connectivity index (χ1) is 9.54.